The summed E-state index contributed by atoms with van der Waals surface area (Å²) in [7, 11) is 0. The zero-order valence-corrected chi connectivity index (χ0v) is 17.3. The second kappa shape index (κ2) is 10.0. The number of benzene rings is 2. The minimum atomic E-state index is -0.843. The van der Waals surface area contributed by atoms with Crippen LogP contribution in [0.3, 0.4) is 0 Å². The highest BCUT2D eigenvalue weighted by molar-refractivity contribution is 6.39. The van der Waals surface area contributed by atoms with Crippen LogP contribution in [0.25, 0.3) is 0 Å². The number of amides is 3. The first-order chi connectivity index (χ1) is 14.4. The molecule has 7 heteroatoms. The topological polar surface area (TPSA) is 87.7 Å². The highest BCUT2D eigenvalue weighted by atomic mass is 16.5. The van der Waals surface area contributed by atoms with Crippen LogP contribution < -0.4 is 10.6 Å². The van der Waals surface area contributed by atoms with Crippen LogP contribution in [0.15, 0.2) is 54.6 Å². The summed E-state index contributed by atoms with van der Waals surface area (Å²) in [6.45, 7) is 5.20. The highest BCUT2D eigenvalue weighted by Gasteiger charge is 2.26. The third kappa shape index (κ3) is 5.67. The lowest BCUT2D eigenvalue weighted by Gasteiger charge is -2.33. The van der Waals surface area contributed by atoms with Crippen molar-refractivity contribution in [1.29, 1.82) is 0 Å². The van der Waals surface area contributed by atoms with Crippen molar-refractivity contribution in [2.45, 2.75) is 25.9 Å². The Labute approximate surface area is 176 Å². The third-order valence-corrected chi connectivity index (χ3v) is 5.03. The standard InChI is InChI=1S/C23H27N3O4/c1-16(2)17-8-10-19(11-9-17)25-23(29)22(28)24-14-21(27)26-12-13-30-20(15-26)18-6-4-3-5-7-18/h3-11,16,20H,12-15H2,1-2H3,(H,24,28)(H,25,29)/t20-/m0/s1. The maximum atomic E-state index is 12.5. The highest BCUT2D eigenvalue weighted by Crippen LogP contribution is 2.22. The molecular formula is C23H27N3O4. The summed E-state index contributed by atoms with van der Waals surface area (Å²) in [5.74, 6) is -1.51. The first kappa shape index (κ1) is 21.5. The lowest BCUT2D eigenvalue weighted by Crippen LogP contribution is -2.48. The normalized spacial score (nSPS) is 16.2. The molecule has 1 aliphatic heterocycles. The van der Waals surface area contributed by atoms with Crippen molar-refractivity contribution in [2.75, 3.05) is 31.6 Å². The van der Waals surface area contributed by atoms with Crippen molar-refractivity contribution >= 4 is 23.4 Å². The second-order valence-electron chi connectivity index (χ2n) is 7.52. The van der Waals surface area contributed by atoms with Crippen molar-refractivity contribution < 1.29 is 19.1 Å². The quantitative estimate of drug-likeness (QED) is 0.743. The number of nitrogens with zero attached hydrogens (tertiary/aromatic N) is 1. The lowest BCUT2D eigenvalue weighted by molar-refractivity contribution is -0.141. The molecule has 1 saturated heterocycles. The van der Waals surface area contributed by atoms with Crippen molar-refractivity contribution in [2.24, 2.45) is 0 Å². The lowest BCUT2D eigenvalue weighted by atomic mass is 10.0. The number of rotatable bonds is 5. The van der Waals surface area contributed by atoms with E-state index in [-0.39, 0.29) is 18.6 Å². The summed E-state index contributed by atoms with van der Waals surface area (Å²) in [5.41, 5.74) is 2.68. The Bertz CT molecular complexity index is 881. The van der Waals surface area contributed by atoms with Crippen LogP contribution in [-0.4, -0.2) is 48.9 Å². The summed E-state index contributed by atoms with van der Waals surface area (Å²) in [6, 6.07) is 17.0. The van der Waals surface area contributed by atoms with Gasteiger partial charge in [0.2, 0.25) is 5.91 Å². The minimum absolute atomic E-state index is 0.197. The van der Waals surface area contributed by atoms with E-state index in [4.69, 9.17) is 4.74 Å². The van der Waals surface area contributed by atoms with Gasteiger partial charge in [0, 0.05) is 12.2 Å². The molecule has 2 N–H and O–H groups in total. The van der Waals surface area contributed by atoms with E-state index >= 15 is 0 Å². The fourth-order valence-electron chi connectivity index (χ4n) is 3.23. The molecule has 1 heterocycles. The number of carbonyl (C=O) groups excluding carboxylic acids is 3. The first-order valence-corrected chi connectivity index (χ1v) is 10.1. The molecule has 0 spiro atoms. The van der Waals surface area contributed by atoms with Gasteiger partial charge in [-0.25, -0.2) is 0 Å². The number of carbonyl (C=O) groups is 3. The van der Waals surface area contributed by atoms with Gasteiger partial charge in [0.05, 0.1) is 19.7 Å². The Morgan fingerprint density at radius 2 is 1.73 bits per heavy atom. The van der Waals surface area contributed by atoms with Gasteiger partial charge in [-0.05, 0) is 29.2 Å². The van der Waals surface area contributed by atoms with E-state index in [1.165, 1.54) is 0 Å². The van der Waals surface area contributed by atoms with E-state index in [1.54, 1.807) is 17.0 Å². The molecule has 30 heavy (non-hydrogen) atoms. The van der Waals surface area contributed by atoms with Crippen LogP contribution in [0, 0.1) is 0 Å². The van der Waals surface area contributed by atoms with Crippen LogP contribution in [0.2, 0.25) is 0 Å². The molecule has 1 atom stereocenters. The predicted molar refractivity (Wildman–Crippen MR) is 114 cm³/mol. The van der Waals surface area contributed by atoms with Crippen LogP contribution in [0.4, 0.5) is 5.69 Å². The Kier molecular flexibility index (Phi) is 7.19. The van der Waals surface area contributed by atoms with Crippen LogP contribution in [-0.2, 0) is 19.1 Å². The Morgan fingerprint density at radius 3 is 2.40 bits per heavy atom. The van der Waals surface area contributed by atoms with Crippen molar-refractivity contribution in [3.8, 4) is 0 Å². The zero-order chi connectivity index (χ0) is 21.5. The molecule has 158 valence electrons. The monoisotopic (exact) mass is 409 g/mol. The molecule has 3 rings (SSSR count). The predicted octanol–water partition coefficient (Wildman–Crippen LogP) is 2.46. The molecule has 7 nitrogen and oxygen atoms in total. The average molecular weight is 409 g/mol. The molecule has 1 fully saturated rings. The van der Waals surface area contributed by atoms with Gasteiger partial charge in [0.1, 0.15) is 6.10 Å². The van der Waals surface area contributed by atoms with E-state index in [9.17, 15) is 14.4 Å². The van der Waals surface area contributed by atoms with Gasteiger partial charge in [0.25, 0.3) is 0 Å². The van der Waals surface area contributed by atoms with Gasteiger partial charge in [-0.15, -0.1) is 0 Å². The van der Waals surface area contributed by atoms with E-state index in [2.05, 4.69) is 24.5 Å². The summed E-state index contributed by atoms with van der Waals surface area (Å²) in [4.78, 5) is 38.3. The molecule has 2 aromatic rings. The van der Waals surface area contributed by atoms with Gasteiger partial charge < -0.3 is 20.3 Å². The zero-order valence-electron chi connectivity index (χ0n) is 17.3. The Balaban J connectivity index is 1.47. The van der Waals surface area contributed by atoms with Crippen LogP contribution in [0.1, 0.15) is 37.0 Å². The summed E-state index contributed by atoms with van der Waals surface area (Å²) in [5, 5.41) is 4.94. The van der Waals surface area contributed by atoms with Gasteiger partial charge in [-0.1, -0.05) is 56.3 Å². The van der Waals surface area contributed by atoms with E-state index in [0.717, 1.165) is 11.1 Å². The molecular weight excluding hydrogens is 382 g/mol. The summed E-state index contributed by atoms with van der Waals surface area (Å²) in [6.07, 6.45) is -0.197. The molecule has 0 radical (unpaired) electrons. The average Bonchev–Trinajstić information content (AvgIpc) is 2.78. The Morgan fingerprint density at radius 1 is 1.03 bits per heavy atom. The van der Waals surface area contributed by atoms with Crippen molar-refractivity contribution in [3.05, 3.63) is 65.7 Å². The number of hydrogen-bond donors (Lipinski definition) is 2. The van der Waals surface area contributed by atoms with E-state index in [0.29, 0.717) is 31.3 Å². The Hall–Kier alpha value is -3.19. The number of hydrogen-bond acceptors (Lipinski definition) is 4. The molecule has 0 bridgehead atoms. The van der Waals surface area contributed by atoms with Gasteiger partial charge in [0.15, 0.2) is 0 Å². The van der Waals surface area contributed by atoms with E-state index in [1.807, 2.05) is 42.5 Å². The van der Waals surface area contributed by atoms with Gasteiger partial charge in [-0.3, -0.25) is 14.4 Å². The summed E-state index contributed by atoms with van der Waals surface area (Å²) < 4.78 is 5.75. The molecule has 1 aliphatic rings. The maximum absolute atomic E-state index is 12.5. The summed E-state index contributed by atoms with van der Waals surface area (Å²) >= 11 is 0. The molecule has 3 amide bonds. The molecule has 0 aromatic heterocycles. The third-order valence-electron chi connectivity index (χ3n) is 5.03. The van der Waals surface area contributed by atoms with E-state index < -0.39 is 11.8 Å². The minimum Gasteiger partial charge on any atom is -0.370 e. The van der Waals surface area contributed by atoms with Gasteiger partial charge >= 0.3 is 11.8 Å². The number of morpholine rings is 1. The molecule has 0 unspecified atom stereocenters. The van der Waals surface area contributed by atoms with Crippen molar-refractivity contribution in [3.63, 3.8) is 0 Å². The van der Waals surface area contributed by atoms with Crippen molar-refractivity contribution in [1.82, 2.24) is 10.2 Å². The number of ether oxygens (including phenoxy) is 1. The molecule has 0 saturated carbocycles. The SMILES string of the molecule is CC(C)c1ccc(NC(=O)C(=O)NCC(=O)N2CCO[C@H](c3ccccc3)C2)cc1. The smallest absolute Gasteiger partial charge is 0.313 e. The van der Waals surface area contributed by atoms with Gasteiger partial charge in [-0.2, -0.15) is 0 Å². The van der Waals surface area contributed by atoms with Crippen LogP contribution in [0.5, 0.6) is 0 Å². The maximum Gasteiger partial charge on any atom is 0.313 e. The largest absolute Gasteiger partial charge is 0.370 e. The molecule has 2 aromatic carbocycles. The number of nitrogens with one attached hydrogen (secondary N) is 2. The first-order valence-electron chi connectivity index (χ1n) is 10.1. The fourth-order valence-corrected chi connectivity index (χ4v) is 3.23. The number of anilines is 1. The van der Waals surface area contributed by atoms with Crippen LogP contribution >= 0.6 is 0 Å². The molecule has 0 aliphatic carbocycles. The second-order valence-corrected chi connectivity index (χ2v) is 7.52. The fraction of sp³-hybridized carbons (Fsp3) is 0.348.